The van der Waals surface area contributed by atoms with Crippen molar-refractivity contribution >= 4 is 22.1 Å². The Morgan fingerprint density at radius 2 is 1.44 bits per heavy atom. The molecule has 0 heterocycles. The van der Waals surface area contributed by atoms with Crippen LogP contribution >= 0.6 is 15.9 Å². The summed E-state index contributed by atoms with van der Waals surface area (Å²) >= 11 is 3.44. The second kappa shape index (κ2) is 20.4. The zero-order chi connectivity index (χ0) is 18.8. The molecule has 0 amide bonds. The van der Waals surface area contributed by atoms with Crippen LogP contribution in [-0.2, 0) is 37.7 Å². The molecule has 0 bridgehead atoms. The van der Waals surface area contributed by atoms with Crippen LogP contribution in [0.5, 0.6) is 0 Å². The van der Waals surface area contributed by atoms with Crippen LogP contribution in [-0.4, -0.2) is 12.8 Å². The van der Waals surface area contributed by atoms with E-state index in [0.29, 0.717) is 0 Å². The molecule has 0 spiro atoms. The second-order valence-electron chi connectivity index (χ2n) is 4.27. The molecule has 6 heteroatoms. The van der Waals surface area contributed by atoms with Gasteiger partial charge in [-0.15, -0.1) is 0 Å². The van der Waals surface area contributed by atoms with Gasteiger partial charge in [0, 0.05) is 34.6 Å². The van der Waals surface area contributed by atoms with Crippen molar-refractivity contribution < 1.29 is 31.3 Å². The first kappa shape index (κ1) is 28.2. The van der Waals surface area contributed by atoms with E-state index in [1.165, 1.54) is 16.7 Å². The average Bonchev–Trinajstić information content (AvgIpc) is 2.66. The number of aliphatic imine (C=N–C) groups is 1. The van der Waals surface area contributed by atoms with Crippen molar-refractivity contribution in [3.8, 4) is 0 Å². The van der Waals surface area contributed by atoms with Gasteiger partial charge in [0.25, 0.3) is 0 Å². The van der Waals surface area contributed by atoms with Crippen LogP contribution in [0.3, 0.4) is 0 Å². The quantitative estimate of drug-likeness (QED) is 0.388. The predicted molar refractivity (Wildman–Crippen MR) is 93.3 cm³/mol. The molecule has 0 aromatic heterocycles. The van der Waals surface area contributed by atoms with Gasteiger partial charge in [-0.2, -0.15) is 0 Å². The third kappa shape index (κ3) is 13.3. The molecule has 4 nitrogen and oxygen atoms in total. The summed E-state index contributed by atoms with van der Waals surface area (Å²) in [5, 5.41) is 0. The molecule has 0 unspecified atom stereocenters. The third-order valence-corrected chi connectivity index (χ3v) is 3.39. The molecule has 2 aromatic rings. The van der Waals surface area contributed by atoms with Crippen molar-refractivity contribution in [3.63, 3.8) is 0 Å². The summed E-state index contributed by atoms with van der Waals surface area (Å²) in [6.45, 7) is 16.4. The molecule has 25 heavy (non-hydrogen) atoms. The van der Waals surface area contributed by atoms with Gasteiger partial charge in [0.05, 0.1) is 0 Å². The fourth-order valence-corrected chi connectivity index (χ4v) is 2.00. The normalized spacial score (nSPS) is 8.16. The number of aryl methyl sites for hydroxylation is 1. The summed E-state index contributed by atoms with van der Waals surface area (Å²) in [5.74, 6) is 0. The Kier molecular flexibility index (Phi) is 23.0. The summed E-state index contributed by atoms with van der Waals surface area (Å²) in [4.78, 5) is 4.48. The summed E-state index contributed by atoms with van der Waals surface area (Å²) < 4.78 is 23.6. The van der Waals surface area contributed by atoms with Crippen molar-refractivity contribution in [1.82, 2.24) is 0 Å². The number of hydrogen-bond donors (Lipinski definition) is 0. The maximum atomic E-state index is 7.50. The Morgan fingerprint density at radius 1 is 0.920 bits per heavy atom. The standard InChI is InChI=1S/C16H16BrN.3CO.Cr/c1-13-4-2-3-5-15(13)12-18-11-10-14-6-8-16(17)9-7-14;3*1-2;/h2-9,12H,10-11H2,1H3;;;;. The van der Waals surface area contributed by atoms with E-state index in [2.05, 4.69) is 90.3 Å². The fourth-order valence-electron chi connectivity index (χ4n) is 1.74. The molecule has 0 saturated carbocycles. The van der Waals surface area contributed by atoms with Crippen molar-refractivity contribution in [1.29, 1.82) is 0 Å². The molecular formula is C19H16BrCrNO3. The maximum Gasteiger partial charge on any atom is 0 e. The smallest absolute Gasteiger partial charge is 0 e. The van der Waals surface area contributed by atoms with E-state index in [9.17, 15) is 0 Å². The van der Waals surface area contributed by atoms with E-state index in [1.807, 2.05) is 12.3 Å². The minimum Gasteiger partial charge on any atom is 0 e. The molecule has 0 fully saturated rings. The Bertz CT molecular complexity index is 650. The number of nitrogens with zero attached hydrogens (tertiary/aromatic N) is 1. The first-order chi connectivity index (χ1) is 11.8. The molecule has 128 valence electrons. The number of rotatable bonds is 4. The topological polar surface area (TPSA) is 72.1 Å². The Hall–Kier alpha value is -1.66. The Morgan fingerprint density at radius 3 is 1.96 bits per heavy atom. The summed E-state index contributed by atoms with van der Waals surface area (Å²) in [5.41, 5.74) is 3.79. The van der Waals surface area contributed by atoms with Crippen LogP contribution in [0.4, 0.5) is 0 Å². The van der Waals surface area contributed by atoms with Crippen molar-refractivity contribution in [2.75, 3.05) is 6.54 Å². The summed E-state index contributed by atoms with van der Waals surface area (Å²) in [6.07, 6.45) is 2.95. The van der Waals surface area contributed by atoms with Crippen LogP contribution in [0, 0.1) is 26.9 Å². The Labute approximate surface area is 167 Å². The van der Waals surface area contributed by atoms with E-state index >= 15 is 0 Å². The largest absolute Gasteiger partial charge is 0 e. The molecule has 0 radical (unpaired) electrons. The molecule has 0 aliphatic carbocycles. The van der Waals surface area contributed by atoms with Crippen LogP contribution < -0.4 is 0 Å². The predicted octanol–water partition coefficient (Wildman–Crippen LogP) is 4.30. The fraction of sp³-hybridized carbons (Fsp3) is 0.158. The van der Waals surface area contributed by atoms with Crippen LogP contribution in [0.1, 0.15) is 16.7 Å². The zero-order valence-corrected chi connectivity index (χ0v) is 16.4. The molecule has 0 atom stereocenters. The number of halogens is 1. The maximum absolute atomic E-state index is 7.50. The summed E-state index contributed by atoms with van der Waals surface area (Å²) in [7, 11) is 0. The van der Waals surface area contributed by atoms with E-state index in [0.717, 1.165) is 17.4 Å². The van der Waals surface area contributed by atoms with Gasteiger partial charge < -0.3 is 0 Å². The van der Waals surface area contributed by atoms with Crippen molar-refractivity contribution in [3.05, 3.63) is 89.6 Å². The van der Waals surface area contributed by atoms with Crippen molar-refractivity contribution in [2.45, 2.75) is 13.3 Å². The average molecular weight is 438 g/mol. The molecule has 0 aliphatic rings. The van der Waals surface area contributed by atoms with E-state index in [1.54, 1.807) is 0 Å². The molecular weight excluding hydrogens is 422 g/mol. The minimum atomic E-state index is 0. The third-order valence-electron chi connectivity index (χ3n) is 2.86. The van der Waals surface area contributed by atoms with Gasteiger partial charge in [-0.25, -0.2) is 0 Å². The number of benzene rings is 2. The Balaban J connectivity index is -0.000000626. The second-order valence-corrected chi connectivity index (χ2v) is 5.18. The zero-order valence-electron chi connectivity index (χ0n) is 13.6. The number of hydrogen-bond acceptors (Lipinski definition) is 1. The molecule has 0 saturated heterocycles. The van der Waals surface area contributed by atoms with Gasteiger partial charge in [-0.05, 0) is 42.2 Å². The monoisotopic (exact) mass is 437 g/mol. The molecule has 2 rings (SSSR count). The van der Waals surface area contributed by atoms with Crippen LogP contribution in [0.15, 0.2) is 58.0 Å². The molecule has 0 N–H and O–H groups in total. The van der Waals surface area contributed by atoms with Gasteiger partial charge in [-0.1, -0.05) is 52.3 Å². The van der Waals surface area contributed by atoms with Gasteiger partial charge in [0.1, 0.15) is 0 Å². The van der Waals surface area contributed by atoms with Gasteiger partial charge in [-0.3, -0.25) is 4.99 Å². The van der Waals surface area contributed by atoms with Crippen LogP contribution in [0.25, 0.3) is 0 Å². The van der Waals surface area contributed by atoms with Gasteiger partial charge in [0.15, 0.2) is 0 Å². The summed E-state index contributed by atoms with van der Waals surface area (Å²) in [6, 6.07) is 16.7. The molecule has 2 aromatic carbocycles. The van der Waals surface area contributed by atoms with Gasteiger partial charge >= 0.3 is 33.9 Å². The van der Waals surface area contributed by atoms with E-state index < -0.39 is 0 Å². The van der Waals surface area contributed by atoms with Crippen LogP contribution in [0.2, 0.25) is 0 Å². The SMILES string of the molecule is Cc1ccccc1C=NCCc1ccc(Br)cc1.[C-]#[O+].[C-]#[O+].[C-]#[O+].[Cr]. The first-order valence-electron chi connectivity index (χ1n) is 6.67. The first-order valence-corrected chi connectivity index (χ1v) is 7.46. The van der Waals surface area contributed by atoms with E-state index in [-0.39, 0.29) is 17.4 Å². The van der Waals surface area contributed by atoms with E-state index in [4.69, 9.17) is 14.0 Å². The van der Waals surface area contributed by atoms with Crippen molar-refractivity contribution in [2.24, 2.45) is 4.99 Å². The van der Waals surface area contributed by atoms with Gasteiger partial charge in [0.2, 0.25) is 0 Å². The molecule has 0 aliphatic heterocycles. The minimum absolute atomic E-state index is 0.